The van der Waals surface area contributed by atoms with E-state index in [1.165, 1.54) is 5.56 Å². The van der Waals surface area contributed by atoms with Gasteiger partial charge in [-0.1, -0.05) is 30.3 Å². The van der Waals surface area contributed by atoms with Crippen molar-refractivity contribution in [2.75, 3.05) is 18.5 Å². The number of carbonyl (C=O) groups excluding carboxylic acids is 1. The Hall–Kier alpha value is -2.49. The van der Waals surface area contributed by atoms with Gasteiger partial charge in [0.05, 0.1) is 0 Å². The lowest BCUT2D eigenvalue weighted by Crippen LogP contribution is -2.17. The smallest absolute Gasteiger partial charge is 0.228 e. The average molecular weight is 295 g/mol. The van der Waals surface area contributed by atoms with E-state index in [-0.39, 0.29) is 11.8 Å². The monoisotopic (exact) mass is 295 g/mol. The van der Waals surface area contributed by atoms with E-state index in [1.807, 2.05) is 36.4 Å². The Bertz CT molecular complexity index is 699. The summed E-state index contributed by atoms with van der Waals surface area (Å²) in [5, 5.41) is 2.98. The number of carbonyl (C=O) groups is 1. The first kappa shape index (κ1) is 13.2. The third-order valence-corrected chi connectivity index (χ3v) is 4.16. The number of benzene rings is 2. The van der Waals surface area contributed by atoms with E-state index in [0.717, 1.165) is 17.9 Å². The maximum Gasteiger partial charge on any atom is 0.228 e. The molecule has 1 amide bonds. The molecule has 0 unspecified atom stereocenters. The summed E-state index contributed by atoms with van der Waals surface area (Å²) in [6.45, 7) is 1.11. The zero-order chi connectivity index (χ0) is 14.9. The van der Waals surface area contributed by atoms with Crippen LogP contribution >= 0.6 is 0 Å². The van der Waals surface area contributed by atoms with Gasteiger partial charge in [-0.15, -0.1) is 0 Å². The summed E-state index contributed by atoms with van der Waals surface area (Å²) in [7, 11) is 0. The first-order valence-corrected chi connectivity index (χ1v) is 7.57. The van der Waals surface area contributed by atoms with Crippen LogP contribution in [0.2, 0.25) is 0 Å². The van der Waals surface area contributed by atoms with Crippen LogP contribution in [0.4, 0.5) is 5.69 Å². The molecule has 4 nitrogen and oxygen atoms in total. The summed E-state index contributed by atoms with van der Waals surface area (Å²) >= 11 is 0. The molecule has 2 aliphatic rings. The minimum atomic E-state index is 0.0654. The number of anilines is 1. The predicted molar refractivity (Wildman–Crippen MR) is 83.4 cm³/mol. The van der Waals surface area contributed by atoms with Crippen molar-refractivity contribution in [2.45, 2.75) is 12.3 Å². The van der Waals surface area contributed by atoms with Crippen LogP contribution in [0.15, 0.2) is 48.5 Å². The highest BCUT2D eigenvalue weighted by Crippen LogP contribution is 2.48. The normalized spacial score (nSPS) is 22.0. The maximum atomic E-state index is 12.3. The molecule has 0 bridgehead atoms. The van der Waals surface area contributed by atoms with Crippen LogP contribution in [0.5, 0.6) is 11.5 Å². The van der Waals surface area contributed by atoms with Crippen molar-refractivity contribution in [3.8, 4) is 11.5 Å². The number of hydrogen-bond donors (Lipinski definition) is 1. The Labute approximate surface area is 129 Å². The fourth-order valence-corrected chi connectivity index (χ4v) is 2.91. The quantitative estimate of drug-likeness (QED) is 0.946. The largest absolute Gasteiger partial charge is 0.486 e. The van der Waals surface area contributed by atoms with Crippen LogP contribution in [0.3, 0.4) is 0 Å². The molecule has 0 radical (unpaired) electrons. The number of fused-ring (bicyclic) bond motifs is 1. The molecule has 1 heterocycles. The molecular weight excluding hydrogens is 278 g/mol. The molecule has 1 N–H and O–H groups in total. The molecule has 1 fully saturated rings. The lowest BCUT2D eigenvalue weighted by Gasteiger charge is -2.19. The van der Waals surface area contributed by atoms with Gasteiger partial charge < -0.3 is 14.8 Å². The van der Waals surface area contributed by atoms with Crippen molar-refractivity contribution in [2.24, 2.45) is 5.92 Å². The highest BCUT2D eigenvalue weighted by atomic mass is 16.6. The Morgan fingerprint density at radius 2 is 1.77 bits per heavy atom. The Kier molecular flexibility index (Phi) is 3.22. The van der Waals surface area contributed by atoms with Crippen molar-refractivity contribution >= 4 is 11.6 Å². The molecule has 2 aromatic rings. The maximum absolute atomic E-state index is 12.3. The lowest BCUT2D eigenvalue weighted by molar-refractivity contribution is -0.117. The lowest BCUT2D eigenvalue weighted by atomic mass is 10.1. The molecule has 4 heteroatoms. The minimum absolute atomic E-state index is 0.0654. The molecule has 112 valence electrons. The second-order valence-corrected chi connectivity index (χ2v) is 5.71. The van der Waals surface area contributed by atoms with Crippen LogP contribution in [-0.2, 0) is 4.79 Å². The van der Waals surface area contributed by atoms with Gasteiger partial charge in [0.2, 0.25) is 5.91 Å². The van der Waals surface area contributed by atoms with E-state index in [2.05, 4.69) is 17.4 Å². The molecule has 1 saturated carbocycles. The summed E-state index contributed by atoms with van der Waals surface area (Å²) in [5.74, 6) is 1.91. The number of rotatable bonds is 3. The average Bonchev–Trinajstić information content (AvgIpc) is 3.36. The van der Waals surface area contributed by atoms with Gasteiger partial charge in [0.15, 0.2) is 11.5 Å². The summed E-state index contributed by atoms with van der Waals surface area (Å²) in [5.41, 5.74) is 2.00. The molecule has 2 aromatic carbocycles. The standard InChI is InChI=1S/C18H17NO3/c20-18(15-11-14(15)12-4-2-1-3-5-12)19-13-6-7-16-17(10-13)22-9-8-21-16/h1-7,10,14-15H,8-9,11H2,(H,19,20)/t14-,15+/m1/s1. The van der Waals surface area contributed by atoms with Gasteiger partial charge in [0.1, 0.15) is 13.2 Å². The zero-order valence-corrected chi connectivity index (χ0v) is 12.1. The van der Waals surface area contributed by atoms with Gasteiger partial charge in [-0.3, -0.25) is 4.79 Å². The van der Waals surface area contributed by atoms with Crippen LogP contribution in [-0.4, -0.2) is 19.1 Å². The summed E-state index contributed by atoms with van der Waals surface area (Å²) in [6, 6.07) is 15.7. The fraction of sp³-hybridized carbons (Fsp3) is 0.278. The first-order valence-electron chi connectivity index (χ1n) is 7.57. The Morgan fingerprint density at radius 1 is 1.00 bits per heavy atom. The number of amides is 1. The van der Waals surface area contributed by atoms with Gasteiger partial charge in [0.25, 0.3) is 0 Å². The highest BCUT2D eigenvalue weighted by molar-refractivity contribution is 5.95. The van der Waals surface area contributed by atoms with Crippen molar-refractivity contribution in [1.29, 1.82) is 0 Å². The molecule has 1 aliphatic heterocycles. The Balaban J connectivity index is 1.43. The topological polar surface area (TPSA) is 47.6 Å². The molecule has 1 aliphatic carbocycles. The van der Waals surface area contributed by atoms with Gasteiger partial charge in [-0.2, -0.15) is 0 Å². The van der Waals surface area contributed by atoms with Gasteiger partial charge in [-0.05, 0) is 30.0 Å². The molecule has 22 heavy (non-hydrogen) atoms. The van der Waals surface area contributed by atoms with Gasteiger partial charge in [-0.25, -0.2) is 0 Å². The van der Waals surface area contributed by atoms with Gasteiger partial charge in [0, 0.05) is 17.7 Å². The van der Waals surface area contributed by atoms with E-state index < -0.39 is 0 Å². The van der Waals surface area contributed by atoms with Crippen molar-refractivity contribution < 1.29 is 14.3 Å². The molecule has 0 spiro atoms. The summed E-state index contributed by atoms with van der Waals surface area (Å²) < 4.78 is 11.0. The number of hydrogen-bond acceptors (Lipinski definition) is 3. The Morgan fingerprint density at radius 3 is 2.59 bits per heavy atom. The van der Waals surface area contributed by atoms with Gasteiger partial charge >= 0.3 is 0 Å². The number of ether oxygens (including phenoxy) is 2. The summed E-state index contributed by atoms with van der Waals surface area (Å²) in [4.78, 5) is 12.3. The fourth-order valence-electron chi connectivity index (χ4n) is 2.91. The SMILES string of the molecule is O=C(Nc1ccc2c(c1)OCCO2)[C@H]1C[C@@H]1c1ccccc1. The molecular formula is C18H17NO3. The van der Waals surface area contributed by atoms with Crippen LogP contribution in [0.1, 0.15) is 17.9 Å². The van der Waals surface area contributed by atoms with E-state index in [9.17, 15) is 4.79 Å². The van der Waals surface area contributed by atoms with Crippen molar-refractivity contribution in [3.63, 3.8) is 0 Å². The van der Waals surface area contributed by atoms with E-state index in [4.69, 9.17) is 9.47 Å². The second-order valence-electron chi connectivity index (χ2n) is 5.71. The third kappa shape index (κ3) is 2.52. The molecule has 4 rings (SSSR count). The van der Waals surface area contributed by atoms with Crippen LogP contribution < -0.4 is 14.8 Å². The van der Waals surface area contributed by atoms with Crippen molar-refractivity contribution in [3.05, 3.63) is 54.1 Å². The molecule has 2 atom stereocenters. The predicted octanol–water partition coefficient (Wildman–Crippen LogP) is 3.20. The number of nitrogens with one attached hydrogen (secondary N) is 1. The second kappa shape index (κ2) is 5.37. The van der Waals surface area contributed by atoms with E-state index >= 15 is 0 Å². The summed E-state index contributed by atoms with van der Waals surface area (Å²) in [6.07, 6.45) is 0.917. The third-order valence-electron chi connectivity index (χ3n) is 4.16. The van der Waals surface area contributed by atoms with E-state index in [1.54, 1.807) is 0 Å². The van der Waals surface area contributed by atoms with Crippen LogP contribution in [0, 0.1) is 5.92 Å². The van der Waals surface area contributed by atoms with Crippen LogP contribution in [0.25, 0.3) is 0 Å². The van der Waals surface area contributed by atoms with Crippen molar-refractivity contribution in [1.82, 2.24) is 0 Å². The molecule has 0 saturated heterocycles. The zero-order valence-electron chi connectivity index (χ0n) is 12.1. The van der Waals surface area contributed by atoms with E-state index in [0.29, 0.717) is 24.9 Å². The minimum Gasteiger partial charge on any atom is -0.486 e. The highest BCUT2D eigenvalue weighted by Gasteiger charge is 2.43. The molecule has 0 aromatic heterocycles. The first-order chi connectivity index (χ1) is 10.8.